The predicted octanol–water partition coefficient (Wildman–Crippen LogP) is 5.16. The lowest BCUT2D eigenvalue weighted by molar-refractivity contribution is 0.189. The minimum absolute atomic E-state index is 0.0854. The quantitative estimate of drug-likeness (QED) is 0.811. The van der Waals surface area contributed by atoms with Gasteiger partial charge in [0, 0.05) is 30.4 Å². The third kappa shape index (κ3) is 4.73. The van der Waals surface area contributed by atoms with E-state index in [2.05, 4.69) is 36.5 Å². The van der Waals surface area contributed by atoms with Gasteiger partial charge in [0.15, 0.2) is 0 Å². The van der Waals surface area contributed by atoms with E-state index in [1.807, 2.05) is 4.90 Å². The monoisotopic (exact) mass is 368 g/mol. The lowest BCUT2D eigenvalue weighted by Crippen LogP contribution is -2.38. The minimum atomic E-state index is -0.0854. The van der Waals surface area contributed by atoms with Crippen LogP contribution in [0.2, 0.25) is 0 Å². The standard InChI is InChI=1S/C22H28N2O3/c1-16-8-10-17(11-9-16)21-7-5-4-6-12-24(21)22(25)23-18-13-19(26-2)15-20(14-18)27-3/h8-11,13-15,21H,4-7,12H2,1-3H3,(H,23,25)/t21-/m0/s1. The number of methoxy groups -OCH3 is 2. The number of amides is 2. The van der Waals surface area contributed by atoms with Crippen LogP contribution in [0, 0.1) is 6.92 Å². The van der Waals surface area contributed by atoms with Gasteiger partial charge in [-0.05, 0) is 25.3 Å². The number of hydrogen-bond donors (Lipinski definition) is 1. The van der Waals surface area contributed by atoms with Crippen LogP contribution in [0.3, 0.4) is 0 Å². The summed E-state index contributed by atoms with van der Waals surface area (Å²) in [6, 6.07) is 13.9. The first-order valence-electron chi connectivity index (χ1n) is 9.48. The molecule has 1 atom stereocenters. The highest BCUT2D eigenvalue weighted by molar-refractivity contribution is 5.90. The van der Waals surface area contributed by atoms with E-state index in [9.17, 15) is 4.79 Å². The number of ether oxygens (including phenoxy) is 2. The van der Waals surface area contributed by atoms with E-state index in [-0.39, 0.29) is 12.1 Å². The predicted molar refractivity (Wildman–Crippen MR) is 108 cm³/mol. The van der Waals surface area contributed by atoms with Gasteiger partial charge in [-0.3, -0.25) is 0 Å². The first-order valence-corrected chi connectivity index (χ1v) is 9.48. The molecule has 144 valence electrons. The van der Waals surface area contributed by atoms with Crippen LogP contribution >= 0.6 is 0 Å². The van der Waals surface area contributed by atoms with Gasteiger partial charge in [-0.25, -0.2) is 4.79 Å². The second kappa shape index (κ2) is 8.80. The molecule has 0 aliphatic carbocycles. The van der Waals surface area contributed by atoms with Crippen molar-refractivity contribution in [3.05, 3.63) is 53.6 Å². The summed E-state index contributed by atoms with van der Waals surface area (Å²) in [7, 11) is 3.20. The maximum Gasteiger partial charge on any atom is 0.322 e. The van der Waals surface area contributed by atoms with E-state index in [1.165, 1.54) is 11.1 Å². The third-order valence-corrected chi connectivity index (χ3v) is 5.08. The van der Waals surface area contributed by atoms with Crippen LogP contribution < -0.4 is 14.8 Å². The summed E-state index contributed by atoms with van der Waals surface area (Å²) in [4.78, 5) is 15.1. The first-order chi connectivity index (χ1) is 13.1. The summed E-state index contributed by atoms with van der Waals surface area (Å²) in [6.07, 6.45) is 4.30. The number of rotatable bonds is 4. The van der Waals surface area contributed by atoms with Crippen molar-refractivity contribution in [3.8, 4) is 11.5 Å². The van der Waals surface area contributed by atoms with Crippen molar-refractivity contribution in [1.29, 1.82) is 0 Å². The molecule has 1 aliphatic heterocycles. The molecule has 0 spiro atoms. The molecule has 0 unspecified atom stereocenters. The number of carbonyl (C=O) groups is 1. The Balaban J connectivity index is 1.83. The van der Waals surface area contributed by atoms with Crippen molar-refractivity contribution >= 4 is 11.7 Å². The van der Waals surface area contributed by atoms with Crippen LogP contribution in [0.5, 0.6) is 11.5 Å². The SMILES string of the molecule is COc1cc(NC(=O)N2CCCCC[C@H]2c2ccc(C)cc2)cc(OC)c1. The van der Waals surface area contributed by atoms with Gasteiger partial charge >= 0.3 is 6.03 Å². The number of likely N-dealkylation sites (tertiary alicyclic amines) is 1. The van der Waals surface area contributed by atoms with E-state index in [0.717, 1.165) is 32.2 Å². The molecule has 3 rings (SSSR count). The van der Waals surface area contributed by atoms with Gasteiger partial charge in [-0.1, -0.05) is 42.7 Å². The molecule has 0 radical (unpaired) electrons. The smallest absolute Gasteiger partial charge is 0.322 e. The average Bonchev–Trinajstić information content (AvgIpc) is 2.94. The van der Waals surface area contributed by atoms with Gasteiger partial charge < -0.3 is 19.7 Å². The van der Waals surface area contributed by atoms with Gasteiger partial charge in [-0.2, -0.15) is 0 Å². The molecule has 1 saturated heterocycles. The van der Waals surface area contributed by atoms with Crippen molar-refractivity contribution < 1.29 is 14.3 Å². The molecular formula is C22H28N2O3. The maximum atomic E-state index is 13.1. The summed E-state index contributed by atoms with van der Waals surface area (Å²) in [5, 5.41) is 3.03. The zero-order chi connectivity index (χ0) is 19.2. The zero-order valence-corrected chi connectivity index (χ0v) is 16.3. The van der Waals surface area contributed by atoms with Crippen LogP contribution in [0.1, 0.15) is 42.9 Å². The third-order valence-electron chi connectivity index (χ3n) is 5.08. The van der Waals surface area contributed by atoms with Crippen molar-refractivity contribution in [2.75, 3.05) is 26.1 Å². The summed E-state index contributed by atoms with van der Waals surface area (Å²) in [5.74, 6) is 1.30. The van der Waals surface area contributed by atoms with Gasteiger partial charge in [0.05, 0.1) is 20.3 Å². The Bertz CT molecular complexity index is 751. The maximum absolute atomic E-state index is 13.1. The summed E-state index contributed by atoms with van der Waals surface area (Å²) in [6.45, 7) is 2.84. The highest BCUT2D eigenvalue weighted by atomic mass is 16.5. The Hall–Kier alpha value is -2.69. The molecule has 1 aliphatic rings. The molecule has 5 nitrogen and oxygen atoms in total. The number of nitrogens with one attached hydrogen (secondary N) is 1. The molecule has 2 aromatic carbocycles. The number of nitrogens with zero attached hydrogens (tertiary/aromatic N) is 1. The Morgan fingerprint density at radius 2 is 1.67 bits per heavy atom. The Labute approximate surface area is 161 Å². The van der Waals surface area contributed by atoms with Crippen LogP contribution in [-0.2, 0) is 0 Å². The molecule has 1 fully saturated rings. The molecule has 27 heavy (non-hydrogen) atoms. The van der Waals surface area contributed by atoms with Crippen LogP contribution in [0.4, 0.5) is 10.5 Å². The Morgan fingerprint density at radius 3 is 2.30 bits per heavy atom. The number of benzene rings is 2. The number of urea groups is 1. The van der Waals surface area contributed by atoms with E-state index in [4.69, 9.17) is 9.47 Å². The van der Waals surface area contributed by atoms with Crippen LogP contribution in [-0.4, -0.2) is 31.7 Å². The van der Waals surface area contributed by atoms with Crippen molar-refractivity contribution in [1.82, 2.24) is 4.90 Å². The van der Waals surface area contributed by atoms with Crippen LogP contribution in [0.15, 0.2) is 42.5 Å². The Kier molecular flexibility index (Phi) is 6.22. The van der Waals surface area contributed by atoms with Crippen LogP contribution in [0.25, 0.3) is 0 Å². The minimum Gasteiger partial charge on any atom is -0.497 e. The molecule has 0 bridgehead atoms. The van der Waals surface area contributed by atoms with Gasteiger partial charge in [0.25, 0.3) is 0 Å². The average molecular weight is 368 g/mol. The second-order valence-corrected chi connectivity index (χ2v) is 7.00. The lowest BCUT2D eigenvalue weighted by atomic mass is 10.00. The number of carbonyl (C=O) groups excluding carboxylic acids is 1. The fraction of sp³-hybridized carbons (Fsp3) is 0.409. The lowest BCUT2D eigenvalue weighted by Gasteiger charge is -2.30. The Morgan fingerprint density at radius 1 is 1.00 bits per heavy atom. The largest absolute Gasteiger partial charge is 0.497 e. The van der Waals surface area contributed by atoms with E-state index < -0.39 is 0 Å². The number of aryl methyl sites for hydroxylation is 1. The molecular weight excluding hydrogens is 340 g/mol. The van der Waals surface area contributed by atoms with E-state index in [1.54, 1.807) is 32.4 Å². The molecule has 0 aromatic heterocycles. The van der Waals surface area contributed by atoms with Gasteiger partial charge in [-0.15, -0.1) is 0 Å². The summed E-state index contributed by atoms with van der Waals surface area (Å²) < 4.78 is 10.6. The van der Waals surface area contributed by atoms with Gasteiger partial charge in [0.2, 0.25) is 0 Å². The molecule has 5 heteroatoms. The number of hydrogen-bond acceptors (Lipinski definition) is 3. The normalized spacial score (nSPS) is 17.1. The molecule has 2 aromatic rings. The molecule has 2 amide bonds. The van der Waals surface area contributed by atoms with Crippen molar-refractivity contribution in [2.24, 2.45) is 0 Å². The van der Waals surface area contributed by atoms with Crippen molar-refractivity contribution in [3.63, 3.8) is 0 Å². The van der Waals surface area contributed by atoms with E-state index >= 15 is 0 Å². The fourth-order valence-corrected chi connectivity index (χ4v) is 3.56. The highest BCUT2D eigenvalue weighted by Crippen LogP contribution is 2.32. The van der Waals surface area contributed by atoms with E-state index in [0.29, 0.717) is 17.2 Å². The molecule has 0 saturated carbocycles. The van der Waals surface area contributed by atoms with Crippen molar-refractivity contribution in [2.45, 2.75) is 38.6 Å². The molecule has 1 N–H and O–H groups in total. The molecule has 1 heterocycles. The summed E-state index contributed by atoms with van der Waals surface area (Å²) >= 11 is 0. The van der Waals surface area contributed by atoms with Gasteiger partial charge in [0.1, 0.15) is 11.5 Å². The summed E-state index contributed by atoms with van der Waals surface area (Å²) in [5.41, 5.74) is 3.09. The number of anilines is 1. The zero-order valence-electron chi connectivity index (χ0n) is 16.3. The topological polar surface area (TPSA) is 50.8 Å². The highest BCUT2D eigenvalue weighted by Gasteiger charge is 2.27. The second-order valence-electron chi connectivity index (χ2n) is 7.00. The first kappa shape index (κ1) is 19.1. The fourth-order valence-electron chi connectivity index (χ4n) is 3.56.